The van der Waals surface area contributed by atoms with Crippen LogP contribution in [0.5, 0.6) is 0 Å². The normalized spacial score (nSPS) is 11.7. The second-order valence-corrected chi connectivity index (χ2v) is 5.65. The van der Waals surface area contributed by atoms with Gasteiger partial charge in [0.2, 0.25) is 5.91 Å². The van der Waals surface area contributed by atoms with E-state index in [2.05, 4.69) is 10.4 Å². The Morgan fingerprint density at radius 2 is 1.64 bits per heavy atom. The van der Waals surface area contributed by atoms with Crippen molar-refractivity contribution in [2.45, 2.75) is 19.4 Å². The van der Waals surface area contributed by atoms with E-state index in [4.69, 9.17) is 0 Å². The van der Waals surface area contributed by atoms with Crippen LogP contribution in [-0.4, -0.2) is 15.7 Å². The van der Waals surface area contributed by atoms with Crippen LogP contribution in [0.3, 0.4) is 0 Å². The highest BCUT2D eigenvalue weighted by Crippen LogP contribution is 2.17. The number of carbonyl (C=O) groups is 1. The van der Waals surface area contributed by atoms with Gasteiger partial charge in [0.05, 0.1) is 5.69 Å². The van der Waals surface area contributed by atoms with Crippen molar-refractivity contribution in [2.24, 2.45) is 0 Å². The molecule has 5 heteroatoms. The third-order valence-corrected chi connectivity index (χ3v) is 3.92. The maximum atomic E-state index is 12.6. The van der Waals surface area contributed by atoms with Crippen LogP contribution in [0, 0.1) is 0 Å². The minimum absolute atomic E-state index is 0.256. The average Bonchev–Trinajstić information content (AvgIpc) is 2.65. The highest BCUT2D eigenvalue weighted by atomic mass is 16.2. The summed E-state index contributed by atoms with van der Waals surface area (Å²) < 4.78 is 1.26. The lowest BCUT2D eigenvalue weighted by Gasteiger charge is -2.17. The van der Waals surface area contributed by atoms with Crippen molar-refractivity contribution in [1.82, 2.24) is 9.78 Å². The van der Waals surface area contributed by atoms with Crippen molar-refractivity contribution in [1.29, 1.82) is 0 Å². The number of hydrogen-bond donors (Lipinski definition) is 1. The third-order valence-electron chi connectivity index (χ3n) is 3.92. The number of hydrogen-bond acceptors (Lipinski definition) is 3. The zero-order valence-electron chi connectivity index (χ0n) is 13.9. The lowest BCUT2D eigenvalue weighted by molar-refractivity contribution is -0.119. The molecule has 3 aromatic rings. The Balaban J connectivity index is 1.92. The highest BCUT2D eigenvalue weighted by Gasteiger charge is 2.21. The van der Waals surface area contributed by atoms with E-state index in [1.54, 1.807) is 18.2 Å². The zero-order valence-corrected chi connectivity index (χ0v) is 13.9. The van der Waals surface area contributed by atoms with E-state index < -0.39 is 6.04 Å². The van der Waals surface area contributed by atoms with Gasteiger partial charge in [-0.1, -0.05) is 55.5 Å². The van der Waals surface area contributed by atoms with Gasteiger partial charge in [-0.05, 0) is 24.6 Å². The quantitative estimate of drug-likeness (QED) is 0.777. The van der Waals surface area contributed by atoms with Gasteiger partial charge in [-0.2, -0.15) is 5.10 Å². The molecule has 0 radical (unpaired) electrons. The van der Waals surface area contributed by atoms with E-state index in [1.165, 1.54) is 10.7 Å². The van der Waals surface area contributed by atoms with Crippen molar-refractivity contribution in [3.05, 3.63) is 83.2 Å². The molecule has 126 valence electrons. The fraction of sp³-hybridized carbons (Fsp3) is 0.150. The number of rotatable bonds is 5. The molecule has 2 aromatic carbocycles. The van der Waals surface area contributed by atoms with Crippen LogP contribution >= 0.6 is 0 Å². The van der Waals surface area contributed by atoms with E-state index in [9.17, 15) is 9.59 Å². The van der Waals surface area contributed by atoms with E-state index in [0.717, 1.165) is 5.56 Å². The maximum absolute atomic E-state index is 12.6. The summed E-state index contributed by atoms with van der Waals surface area (Å²) in [4.78, 5) is 24.9. The van der Waals surface area contributed by atoms with Crippen LogP contribution in [0.1, 0.15) is 19.4 Å². The lowest BCUT2D eigenvalue weighted by Crippen LogP contribution is -2.34. The van der Waals surface area contributed by atoms with Gasteiger partial charge in [-0.3, -0.25) is 9.59 Å². The van der Waals surface area contributed by atoms with Crippen LogP contribution in [0.25, 0.3) is 11.3 Å². The molecular formula is C20H19N3O2. The number of benzene rings is 2. The van der Waals surface area contributed by atoms with E-state index in [1.807, 2.05) is 55.5 Å². The number of para-hydroxylation sites is 1. The molecular weight excluding hydrogens is 314 g/mol. The van der Waals surface area contributed by atoms with E-state index >= 15 is 0 Å². The average molecular weight is 333 g/mol. The molecule has 1 N–H and O–H groups in total. The highest BCUT2D eigenvalue weighted by molar-refractivity contribution is 5.93. The van der Waals surface area contributed by atoms with Crippen molar-refractivity contribution in [2.75, 3.05) is 5.32 Å². The van der Waals surface area contributed by atoms with Gasteiger partial charge in [0.1, 0.15) is 6.04 Å². The van der Waals surface area contributed by atoms with Gasteiger partial charge in [-0.25, -0.2) is 4.68 Å². The molecule has 0 aliphatic rings. The molecule has 0 bridgehead atoms. The first-order valence-corrected chi connectivity index (χ1v) is 8.20. The molecule has 1 aromatic heterocycles. The molecule has 1 amide bonds. The molecule has 0 spiro atoms. The van der Waals surface area contributed by atoms with Crippen LogP contribution < -0.4 is 10.9 Å². The monoisotopic (exact) mass is 333 g/mol. The number of nitrogens with one attached hydrogen (secondary N) is 1. The number of aromatic nitrogens is 2. The SMILES string of the molecule is CC[C@H](C(=O)Nc1ccccc1)n1nc(-c2ccccc2)ccc1=O. The maximum Gasteiger partial charge on any atom is 0.267 e. The van der Waals surface area contributed by atoms with Gasteiger partial charge in [0, 0.05) is 17.3 Å². The fourth-order valence-corrected chi connectivity index (χ4v) is 2.63. The largest absolute Gasteiger partial charge is 0.324 e. The van der Waals surface area contributed by atoms with Crippen molar-refractivity contribution >= 4 is 11.6 Å². The second-order valence-electron chi connectivity index (χ2n) is 5.65. The van der Waals surface area contributed by atoms with Crippen LogP contribution in [-0.2, 0) is 4.79 Å². The summed E-state index contributed by atoms with van der Waals surface area (Å²) in [6, 6.07) is 21.2. The number of carbonyl (C=O) groups excluding carboxylic acids is 1. The predicted octanol–water partition coefficient (Wildman–Crippen LogP) is 3.50. The molecule has 1 heterocycles. The molecule has 1 atom stereocenters. The van der Waals surface area contributed by atoms with Crippen LogP contribution in [0.15, 0.2) is 77.6 Å². The van der Waals surface area contributed by atoms with Crippen LogP contribution in [0.2, 0.25) is 0 Å². The Hall–Kier alpha value is -3.21. The van der Waals surface area contributed by atoms with Gasteiger partial charge in [0.25, 0.3) is 5.56 Å². The zero-order chi connectivity index (χ0) is 17.6. The minimum Gasteiger partial charge on any atom is -0.324 e. The smallest absolute Gasteiger partial charge is 0.267 e. The number of amides is 1. The molecule has 0 aliphatic carbocycles. The summed E-state index contributed by atoms with van der Waals surface area (Å²) in [6.45, 7) is 1.86. The second kappa shape index (κ2) is 7.57. The van der Waals surface area contributed by atoms with Crippen molar-refractivity contribution in [3.63, 3.8) is 0 Å². The molecule has 0 unspecified atom stereocenters. The van der Waals surface area contributed by atoms with Crippen molar-refractivity contribution < 1.29 is 4.79 Å². The summed E-state index contributed by atoms with van der Waals surface area (Å²) in [7, 11) is 0. The van der Waals surface area contributed by atoms with Gasteiger partial charge < -0.3 is 5.32 Å². The standard InChI is InChI=1S/C20H19N3O2/c1-2-18(20(25)21-16-11-7-4-8-12-16)23-19(24)14-13-17(22-23)15-9-5-3-6-10-15/h3-14,18H,2H2,1H3,(H,21,25)/t18-/m1/s1. The van der Waals surface area contributed by atoms with E-state index in [-0.39, 0.29) is 11.5 Å². The summed E-state index contributed by atoms with van der Waals surface area (Å²) in [5.41, 5.74) is 1.95. The molecule has 25 heavy (non-hydrogen) atoms. The topological polar surface area (TPSA) is 64.0 Å². The summed E-state index contributed by atoms with van der Waals surface area (Å²) in [5, 5.41) is 7.26. The third kappa shape index (κ3) is 3.83. The Labute approximate surface area is 145 Å². The molecule has 0 fully saturated rings. The molecule has 0 saturated carbocycles. The predicted molar refractivity (Wildman–Crippen MR) is 98.3 cm³/mol. The lowest BCUT2D eigenvalue weighted by atomic mass is 10.1. The first kappa shape index (κ1) is 16.6. The Kier molecular flexibility index (Phi) is 5.04. The van der Waals surface area contributed by atoms with Gasteiger partial charge >= 0.3 is 0 Å². The Morgan fingerprint density at radius 3 is 2.28 bits per heavy atom. The summed E-state index contributed by atoms with van der Waals surface area (Å²) in [6.07, 6.45) is 0.462. The van der Waals surface area contributed by atoms with Gasteiger partial charge in [-0.15, -0.1) is 0 Å². The molecule has 0 aliphatic heterocycles. The van der Waals surface area contributed by atoms with E-state index in [0.29, 0.717) is 17.8 Å². The first-order valence-electron chi connectivity index (χ1n) is 8.20. The summed E-state index contributed by atoms with van der Waals surface area (Å²) >= 11 is 0. The molecule has 5 nitrogen and oxygen atoms in total. The fourth-order valence-electron chi connectivity index (χ4n) is 2.63. The molecule has 0 saturated heterocycles. The summed E-state index contributed by atoms with van der Waals surface area (Å²) in [5.74, 6) is -0.256. The molecule has 3 rings (SSSR count). The van der Waals surface area contributed by atoms with Gasteiger partial charge in [0.15, 0.2) is 0 Å². The minimum atomic E-state index is -0.670. The van der Waals surface area contributed by atoms with Crippen molar-refractivity contribution in [3.8, 4) is 11.3 Å². The Morgan fingerprint density at radius 1 is 1.00 bits per heavy atom. The number of nitrogens with zero attached hydrogens (tertiary/aromatic N) is 2. The first-order chi connectivity index (χ1) is 12.2. The van der Waals surface area contributed by atoms with Crippen LogP contribution in [0.4, 0.5) is 5.69 Å². The number of anilines is 1. The Bertz CT molecular complexity index is 905.